The summed E-state index contributed by atoms with van der Waals surface area (Å²) >= 11 is 0. The number of benzene rings is 4. The number of nitrogens with one attached hydrogen (secondary N) is 8. The standard InChI is InChI=1S/C62H82N10O9/c1-36(63-9)53(73)69-51(61(3,4)5)59(79)71-33-43-30-44(29-28-42(43)31-49(71)57(77)68-48(35-81-11)39-19-13-12-14-20-39)65-55(75)40-24-26-41(27-25-40)56(76)66-45-32-50(58(78)67-47-23-17-21-38-18-15-16-22-46(38)47)72(34-45)60(80)52(62(6,7)8)70-54(74)37(2)64-10/h12-16,18-20,22,24-30,36-37,45,47-52,63-64H,17,21,23,31-35H2,1-11H3,(H,65,75)(H,66,76)(H,67,78)(H,68,77)(H,69,73)(H,70,74)/t36-,37-,45?,47?,48?,49?,50?,51?,52?/m0/s1. The molecule has 7 unspecified atom stereocenters. The average Bonchev–Trinajstić information content (AvgIpc) is 3.88. The zero-order valence-electron chi connectivity index (χ0n) is 48.7. The molecule has 81 heavy (non-hydrogen) atoms. The summed E-state index contributed by atoms with van der Waals surface area (Å²) in [4.78, 5) is 116. The van der Waals surface area contributed by atoms with Crippen LogP contribution in [0.4, 0.5) is 5.69 Å². The van der Waals surface area contributed by atoms with Gasteiger partial charge in [0.05, 0.1) is 30.8 Å². The molecule has 8 N–H and O–H groups in total. The summed E-state index contributed by atoms with van der Waals surface area (Å²) in [7, 11) is 4.86. The number of likely N-dealkylation sites (N-methyl/N-ethyl adjacent to an activating group) is 2. The van der Waals surface area contributed by atoms with Gasteiger partial charge in [0.1, 0.15) is 24.2 Å². The number of hydrogen-bond acceptors (Lipinski definition) is 11. The number of aryl methyl sites for hydroxylation is 1. The Morgan fingerprint density at radius 3 is 1.80 bits per heavy atom. The molecule has 1 aliphatic carbocycles. The highest BCUT2D eigenvalue weighted by atomic mass is 16.5. The molecule has 9 atom stereocenters. The van der Waals surface area contributed by atoms with Crippen LogP contribution in [0.2, 0.25) is 0 Å². The fraction of sp³-hybridized carbons (Fsp3) is 0.484. The number of nitrogens with zero attached hydrogens (tertiary/aromatic N) is 2. The van der Waals surface area contributed by atoms with Crippen molar-refractivity contribution in [2.45, 2.75) is 148 Å². The van der Waals surface area contributed by atoms with Gasteiger partial charge in [-0.1, -0.05) is 102 Å². The van der Waals surface area contributed by atoms with Crippen LogP contribution >= 0.6 is 0 Å². The highest BCUT2D eigenvalue weighted by Crippen LogP contribution is 2.34. The molecule has 1 saturated heterocycles. The Bertz CT molecular complexity index is 2940. The molecule has 2 aliphatic heterocycles. The van der Waals surface area contributed by atoms with Crippen molar-refractivity contribution < 1.29 is 43.1 Å². The van der Waals surface area contributed by atoms with Crippen molar-refractivity contribution in [3.63, 3.8) is 0 Å². The Balaban J connectivity index is 1.07. The number of hydrogen-bond donors (Lipinski definition) is 8. The number of carbonyl (C=O) groups excluding carboxylic acids is 8. The minimum absolute atomic E-state index is 0.00114. The zero-order chi connectivity index (χ0) is 58.9. The van der Waals surface area contributed by atoms with E-state index in [-0.39, 0.29) is 67.4 Å². The SMILES string of the molecule is CN[C@@H](C)C(=O)NC(C(=O)N1Cc2cc(NC(=O)c3ccc(C(=O)NC4CC(C(=O)NC5CCCc6ccccc65)N(C(=O)C(NC(=O)[C@H](C)NC)C(C)(C)C)C4)cc3)ccc2CC1C(=O)NC(COC)c1ccccc1)C(C)(C)C. The van der Waals surface area contributed by atoms with Crippen LogP contribution in [-0.2, 0) is 52.9 Å². The van der Waals surface area contributed by atoms with Crippen molar-refractivity contribution in [2.75, 3.05) is 39.7 Å². The van der Waals surface area contributed by atoms with Crippen LogP contribution in [-0.4, -0.2) is 134 Å². The Labute approximate surface area is 476 Å². The van der Waals surface area contributed by atoms with Gasteiger partial charge < -0.3 is 57.1 Å². The van der Waals surface area contributed by atoms with Crippen molar-refractivity contribution in [2.24, 2.45) is 10.8 Å². The van der Waals surface area contributed by atoms with Gasteiger partial charge in [-0.3, -0.25) is 38.4 Å². The summed E-state index contributed by atoms with van der Waals surface area (Å²) in [6.07, 6.45) is 2.82. The lowest BCUT2D eigenvalue weighted by Crippen LogP contribution is -2.62. The number of likely N-dealkylation sites (tertiary alicyclic amines) is 1. The highest BCUT2D eigenvalue weighted by molar-refractivity contribution is 6.05. The van der Waals surface area contributed by atoms with E-state index in [0.717, 1.165) is 36.0 Å². The summed E-state index contributed by atoms with van der Waals surface area (Å²) in [6, 6.07) is 22.4. The minimum Gasteiger partial charge on any atom is -0.382 e. The molecular weight excluding hydrogens is 1030 g/mol. The number of amides is 8. The molecule has 0 bridgehead atoms. The van der Waals surface area contributed by atoms with Crippen molar-refractivity contribution in [3.8, 4) is 0 Å². The topological polar surface area (TPSA) is 249 Å². The second-order valence-corrected chi connectivity index (χ2v) is 23.8. The van der Waals surface area contributed by atoms with Gasteiger partial charge in [0, 0.05) is 49.5 Å². The lowest BCUT2D eigenvalue weighted by Gasteiger charge is -2.41. The fourth-order valence-corrected chi connectivity index (χ4v) is 10.7. The van der Waals surface area contributed by atoms with E-state index in [2.05, 4.69) is 48.6 Å². The van der Waals surface area contributed by atoms with E-state index in [1.807, 2.05) is 96.1 Å². The minimum atomic E-state index is -1.00. The largest absolute Gasteiger partial charge is 0.382 e. The molecule has 2 heterocycles. The molecular formula is C62H82N10O9. The van der Waals surface area contributed by atoms with Crippen molar-refractivity contribution in [3.05, 3.63) is 136 Å². The van der Waals surface area contributed by atoms with Crippen molar-refractivity contribution in [1.29, 1.82) is 0 Å². The van der Waals surface area contributed by atoms with Gasteiger partial charge in [-0.2, -0.15) is 0 Å². The van der Waals surface area contributed by atoms with Crippen LogP contribution in [0.1, 0.15) is 135 Å². The lowest BCUT2D eigenvalue weighted by atomic mass is 9.84. The van der Waals surface area contributed by atoms with Crippen LogP contribution in [0.25, 0.3) is 0 Å². The first-order valence-corrected chi connectivity index (χ1v) is 28.0. The number of carbonyl (C=O) groups is 8. The third-order valence-electron chi connectivity index (χ3n) is 15.8. The average molecular weight is 1110 g/mol. The Morgan fingerprint density at radius 1 is 0.630 bits per heavy atom. The maximum Gasteiger partial charge on any atom is 0.255 e. The Morgan fingerprint density at radius 2 is 1.21 bits per heavy atom. The van der Waals surface area contributed by atoms with E-state index in [1.165, 1.54) is 39.6 Å². The molecule has 434 valence electrons. The van der Waals surface area contributed by atoms with Crippen LogP contribution < -0.4 is 42.5 Å². The summed E-state index contributed by atoms with van der Waals surface area (Å²) in [5.41, 5.74) is 3.99. The van der Waals surface area contributed by atoms with Gasteiger partial charge in [-0.05, 0) is 129 Å². The predicted octanol–water partition coefficient (Wildman–Crippen LogP) is 4.87. The monoisotopic (exact) mass is 1110 g/mol. The molecule has 0 aromatic heterocycles. The number of fused-ring (bicyclic) bond motifs is 2. The number of ether oxygens (including phenoxy) is 1. The van der Waals surface area contributed by atoms with Crippen LogP contribution in [0, 0.1) is 10.8 Å². The molecule has 4 aromatic rings. The third-order valence-corrected chi connectivity index (χ3v) is 15.8. The maximum atomic E-state index is 14.9. The first-order chi connectivity index (χ1) is 38.4. The summed E-state index contributed by atoms with van der Waals surface area (Å²) in [5.74, 6) is -3.28. The molecule has 0 radical (unpaired) electrons. The first-order valence-electron chi connectivity index (χ1n) is 28.0. The second kappa shape index (κ2) is 26.4. The van der Waals surface area contributed by atoms with Crippen LogP contribution in [0.5, 0.6) is 0 Å². The fourth-order valence-electron chi connectivity index (χ4n) is 10.7. The Kier molecular flexibility index (Phi) is 19.9. The lowest BCUT2D eigenvalue weighted by molar-refractivity contribution is -0.147. The zero-order valence-corrected chi connectivity index (χ0v) is 48.7. The maximum absolute atomic E-state index is 14.9. The number of methoxy groups -OCH3 is 1. The van der Waals surface area contributed by atoms with Gasteiger partial charge in [0.25, 0.3) is 11.8 Å². The van der Waals surface area contributed by atoms with E-state index in [0.29, 0.717) is 11.3 Å². The van der Waals surface area contributed by atoms with Gasteiger partial charge in [0.2, 0.25) is 35.4 Å². The summed E-state index contributed by atoms with van der Waals surface area (Å²) in [6.45, 7) is 14.7. The van der Waals surface area contributed by atoms with E-state index in [4.69, 9.17) is 4.74 Å². The number of anilines is 1. The molecule has 19 heteroatoms. The molecule has 0 saturated carbocycles. The van der Waals surface area contributed by atoms with E-state index in [1.54, 1.807) is 47.2 Å². The quantitative estimate of drug-likeness (QED) is 0.0630. The molecule has 1 fully saturated rings. The van der Waals surface area contributed by atoms with E-state index < -0.39 is 88.7 Å². The predicted molar refractivity (Wildman–Crippen MR) is 310 cm³/mol. The van der Waals surface area contributed by atoms with Crippen molar-refractivity contribution >= 4 is 52.9 Å². The first kappa shape index (κ1) is 61.1. The molecule has 7 rings (SSSR count). The summed E-state index contributed by atoms with van der Waals surface area (Å²) in [5, 5.41) is 24.0. The van der Waals surface area contributed by atoms with Crippen LogP contribution in [0.15, 0.2) is 97.1 Å². The van der Waals surface area contributed by atoms with Gasteiger partial charge in [-0.25, -0.2) is 0 Å². The molecule has 8 amide bonds. The van der Waals surface area contributed by atoms with E-state index >= 15 is 0 Å². The normalized spacial score (nSPS) is 19.7. The van der Waals surface area contributed by atoms with Gasteiger partial charge >= 0.3 is 0 Å². The third kappa shape index (κ3) is 14.9. The summed E-state index contributed by atoms with van der Waals surface area (Å²) < 4.78 is 5.49. The smallest absolute Gasteiger partial charge is 0.255 e. The molecule has 4 aromatic carbocycles. The van der Waals surface area contributed by atoms with Gasteiger partial charge in [-0.15, -0.1) is 0 Å². The second-order valence-electron chi connectivity index (χ2n) is 23.8. The Hall–Kier alpha value is -7.48. The molecule has 3 aliphatic rings. The van der Waals surface area contributed by atoms with Gasteiger partial charge in [0.15, 0.2) is 0 Å². The van der Waals surface area contributed by atoms with Crippen LogP contribution in [0.3, 0.4) is 0 Å². The van der Waals surface area contributed by atoms with E-state index in [9.17, 15) is 38.4 Å². The molecule has 0 spiro atoms. The van der Waals surface area contributed by atoms with Crippen molar-refractivity contribution in [1.82, 2.24) is 47.0 Å². The highest BCUT2D eigenvalue weighted by Gasteiger charge is 2.47. The molecule has 19 nitrogen and oxygen atoms in total. The number of rotatable bonds is 19.